The molecule has 0 amide bonds. The van der Waals surface area contributed by atoms with Crippen LogP contribution in [0, 0.1) is 5.92 Å². The molecule has 0 saturated carbocycles. The van der Waals surface area contributed by atoms with Crippen molar-refractivity contribution >= 4 is 5.97 Å². The van der Waals surface area contributed by atoms with Crippen LogP contribution < -0.4 is 35.7 Å². The maximum atomic E-state index is 11.3. The molecular weight excluding hydrogens is 273 g/mol. The van der Waals surface area contributed by atoms with Crippen LogP contribution in [0.3, 0.4) is 0 Å². The average Bonchev–Trinajstić information content (AvgIpc) is 2.35. The molecule has 0 aromatic carbocycles. The number of esters is 1. The minimum absolute atomic E-state index is 0. The maximum absolute atomic E-state index is 11.3. The summed E-state index contributed by atoms with van der Waals surface area (Å²) in [6.07, 6.45) is 13.7. The standard InChI is InChI=1S/C17H34O2.H3N.Na.H/c1-4-5-6-7-8-9-10-11-12-13-14-19-17(18)15-16(2)3;;;/h16H,4-15H2,1-3H3;1H3;;/q;;+1;-1. The van der Waals surface area contributed by atoms with E-state index in [1.807, 2.05) is 13.8 Å². The fraction of sp³-hybridized carbons (Fsp3) is 0.941. The van der Waals surface area contributed by atoms with Gasteiger partial charge in [0.15, 0.2) is 0 Å². The predicted octanol–water partition coefficient (Wildman–Crippen LogP) is 2.78. The van der Waals surface area contributed by atoms with Gasteiger partial charge in [-0.3, -0.25) is 4.79 Å². The van der Waals surface area contributed by atoms with Crippen LogP contribution in [-0.4, -0.2) is 12.6 Å². The van der Waals surface area contributed by atoms with Gasteiger partial charge in [-0.15, -0.1) is 0 Å². The Labute approximate surface area is 156 Å². The summed E-state index contributed by atoms with van der Waals surface area (Å²) >= 11 is 0. The first kappa shape index (κ1) is 26.3. The summed E-state index contributed by atoms with van der Waals surface area (Å²) in [4.78, 5) is 11.3. The van der Waals surface area contributed by atoms with Crippen molar-refractivity contribution in [1.29, 1.82) is 0 Å². The molecule has 0 aliphatic heterocycles. The van der Waals surface area contributed by atoms with Crippen LogP contribution in [0.1, 0.15) is 92.8 Å². The Balaban J connectivity index is -0.000000540. The first-order valence-electron chi connectivity index (χ1n) is 8.32. The van der Waals surface area contributed by atoms with Crippen molar-refractivity contribution < 1.29 is 40.5 Å². The molecule has 124 valence electrons. The molecule has 3 nitrogen and oxygen atoms in total. The van der Waals surface area contributed by atoms with Gasteiger partial charge in [0.2, 0.25) is 0 Å². The summed E-state index contributed by atoms with van der Waals surface area (Å²) in [6.45, 7) is 6.96. The molecule has 0 rings (SSSR count). The van der Waals surface area contributed by atoms with E-state index in [1.54, 1.807) is 0 Å². The molecular formula is C17H38NNaO2. The van der Waals surface area contributed by atoms with Crippen LogP contribution in [0.25, 0.3) is 0 Å². The Morgan fingerprint density at radius 2 is 1.33 bits per heavy atom. The minimum atomic E-state index is -0.0362. The van der Waals surface area contributed by atoms with Crippen molar-refractivity contribution in [2.45, 2.75) is 91.4 Å². The fourth-order valence-electron chi connectivity index (χ4n) is 2.17. The normalized spacial score (nSPS) is 9.90. The zero-order valence-corrected chi connectivity index (χ0v) is 17.1. The van der Waals surface area contributed by atoms with Crippen LogP contribution in [0.5, 0.6) is 0 Å². The van der Waals surface area contributed by atoms with Gasteiger partial charge in [-0.25, -0.2) is 0 Å². The van der Waals surface area contributed by atoms with Gasteiger partial charge in [0.05, 0.1) is 6.61 Å². The minimum Gasteiger partial charge on any atom is -1.00 e. The summed E-state index contributed by atoms with van der Waals surface area (Å²) in [5, 5.41) is 0. The number of hydrogen-bond acceptors (Lipinski definition) is 3. The Hall–Kier alpha value is 0.430. The second kappa shape index (κ2) is 20.4. The largest absolute Gasteiger partial charge is 1.00 e. The van der Waals surface area contributed by atoms with E-state index in [2.05, 4.69) is 6.92 Å². The molecule has 0 aromatic rings. The van der Waals surface area contributed by atoms with Crippen LogP contribution in [0.2, 0.25) is 0 Å². The molecule has 3 N–H and O–H groups in total. The molecule has 0 aliphatic rings. The van der Waals surface area contributed by atoms with Crippen molar-refractivity contribution in [2.75, 3.05) is 6.61 Å². The molecule has 0 unspecified atom stereocenters. The van der Waals surface area contributed by atoms with Gasteiger partial charge in [0.1, 0.15) is 0 Å². The van der Waals surface area contributed by atoms with Crippen molar-refractivity contribution in [3.8, 4) is 0 Å². The second-order valence-corrected chi connectivity index (χ2v) is 6.00. The fourth-order valence-corrected chi connectivity index (χ4v) is 2.17. The SMILES string of the molecule is CCCCCCCCCCCCOC(=O)CC(C)C.N.[H-].[Na+]. The zero-order valence-electron chi connectivity index (χ0n) is 16.1. The van der Waals surface area contributed by atoms with E-state index in [-0.39, 0.29) is 43.1 Å². The first-order chi connectivity index (χ1) is 9.16. The molecule has 0 atom stereocenters. The van der Waals surface area contributed by atoms with Crippen molar-refractivity contribution in [1.82, 2.24) is 6.15 Å². The van der Waals surface area contributed by atoms with Crippen molar-refractivity contribution in [2.24, 2.45) is 5.92 Å². The molecule has 0 aromatic heterocycles. The molecule has 0 heterocycles. The van der Waals surface area contributed by atoms with E-state index in [9.17, 15) is 4.79 Å². The van der Waals surface area contributed by atoms with Crippen LogP contribution in [0.4, 0.5) is 0 Å². The number of hydrogen-bond donors (Lipinski definition) is 1. The molecule has 4 heteroatoms. The van der Waals surface area contributed by atoms with Crippen molar-refractivity contribution in [3.63, 3.8) is 0 Å². The first-order valence-corrected chi connectivity index (χ1v) is 8.32. The van der Waals surface area contributed by atoms with Crippen LogP contribution >= 0.6 is 0 Å². The van der Waals surface area contributed by atoms with E-state index in [0.29, 0.717) is 18.9 Å². The van der Waals surface area contributed by atoms with Crippen LogP contribution in [0.15, 0.2) is 0 Å². The molecule has 0 radical (unpaired) electrons. The van der Waals surface area contributed by atoms with E-state index < -0.39 is 0 Å². The van der Waals surface area contributed by atoms with Gasteiger partial charge < -0.3 is 12.3 Å². The molecule has 0 aliphatic carbocycles. The number of unbranched alkanes of at least 4 members (excludes halogenated alkanes) is 9. The maximum Gasteiger partial charge on any atom is 1.00 e. The van der Waals surface area contributed by atoms with Crippen molar-refractivity contribution in [3.05, 3.63) is 0 Å². The molecule has 21 heavy (non-hydrogen) atoms. The number of rotatable bonds is 13. The quantitative estimate of drug-likeness (QED) is 0.323. The van der Waals surface area contributed by atoms with Gasteiger partial charge in [0.25, 0.3) is 0 Å². The summed E-state index contributed by atoms with van der Waals surface area (Å²) in [5.74, 6) is 0.367. The molecule has 0 fully saturated rings. The Kier molecular flexibility index (Phi) is 25.6. The molecule has 0 bridgehead atoms. The Morgan fingerprint density at radius 3 is 1.76 bits per heavy atom. The van der Waals surface area contributed by atoms with Gasteiger partial charge in [0, 0.05) is 6.42 Å². The van der Waals surface area contributed by atoms with Gasteiger partial charge in [-0.1, -0.05) is 78.6 Å². The molecule has 0 saturated heterocycles. The number of carbonyl (C=O) groups excluding carboxylic acids is 1. The summed E-state index contributed by atoms with van der Waals surface area (Å²) in [6, 6.07) is 0. The van der Waals surface area contributed by atoms with E-state index in [1.165, 1.54) is 57.8 Å². The topological polar surface area (TPSA) is 61.3 Å². The van der Waals surface area contributed by atoms with Gasteiger partial charge >= 0.3 is 35.5 Å². The van der Waals surface area contributed by atoms with Gasteiger partial charge in [-0.2, -0.15) is 0 Å². The van der Waals surface area contributed by atoms with Crippen LogP contribution in [-0.2, 0) is 9.53 Å². The molecule has 0 spiro atoms. The van der Waals surface area contributed by atoms with E-state index in [4.69, 9.17) is 4.74 Å². The number of ether oxygens (including phenoxy) is 1. The Morgan fingerprint density at radius 1 is 0.905 bits per heavy atom. The average molecular weight is 311 g/mol. The summed E-state index contributed by atoms with van der Waals surface area (Å²) in [5.41, 5.74) is 0. The monoisotopic (exact) mass is 311 g/mol. The predicted molar refractivity (Wildman–Crippen MR) is 88.4 cm³/mol. The van der Waals surface area contributed by atoms with E-state index >= 15 is 0 Å². The third-order valence-electron chi connectivity index (χ3n) is 3.34. The third kappa shape index (κ3) is 22.8. The summed E-state index contributed by atoms with van der Waals surface area (Å²) < 4.78 is 5.19. The van der Waals surface area contributed by atoms with E-state index in [0.717, 1.165) is 6.42 Å². The van der Waals surface area contributed by atoms with Gasteiger partial charge in [-0.05, 0) is 12.3 Å². The zero-order chi connectivity index (χ0) is 14.3. The smallest absolute Gasteiger partial charge is 1.00 e. The third-order valence-corrected chi connectivity index (χ3v) is 3.34. The Bertz CT molecular complexity index is 217. The summed E-state index contributed by atoms with van der Waals surface area (Å²) in [7, 11) is 0. The second-order valence-electron chi connectivity index (χ2n) is 6.00. The number of carbonyl (C=O) groups is 1.